The molecule has 5 nitrogen and oxygen atoms in total. The molecule has 1 unspecified atom stereocenters. The van der Waals surface area contributed by atoms with Crippen LogP contribution < -0.4 is 14.8 Å². The molecule has 2 aromatic rings. The third-order valence-corrected chi connectivity index (χ3v) is 3.77. The Morgan fingerprint density at radius 2 is 1.83 bits per heavy atom. The summed E-state index contributed by atoms with van der Waals surface area (Å²) >= 11 is 5.86. The van der Waals surface area contributed by atoms with Gasteiger partial charge in [-0.15, -0.1) is 0 Å². The fraction of sp³-hybridized carbons (Fsp3) is 0.278. The van der Waals surface area contributed by atoms with Gasteiger partial charge in [0.15, 0.2) is 11.5 Å². The minimum atomic E-state index is -0.884. The molecule has 0 spiro atoms. The van der Waals surface area contributed by atoms with Crippen molar-refractivity contribution in [3.63, 3.8) is 0 Å². The molecule has 0 bridgehead atoms. The number of rotatable bonds is 8. The van der Waals surface area contributed by atoms with Crippen LogP contribution in [-0.2, 0) is 17.9 Å². The van der Waals surface area contributed by atoms with Crippen LogP contribution in [0.15, 0.2) is 42.5 Å². The number of carboxylic acid groups (broad SMARTS) is 1. The van der Waals surface area contributed by atoms with Crippen LogP contribution in [0.25, 0.3) is 0 Å². The fourth-order valence-corrected chi connectivity index (χ4v) is 2.17. The predicted octanol–water partition coefficient (Wildman–Crippen LogP) is 3.49. The smallest absolute Gasteiger partial charge is 0.320 e. The minimum absolute atomic E-state index is 0.404. The summed E-state index contributed by atoms with van der Waals surface area (Å²) in [6, 6.07) is 12.3. The van der Waals surface area contributed by atoms with Gasteiger partial charge in [-0.05, 0) is 42.3 Å². The molecule has 1 atom stereocenters. The highest BCUT2D eigenvalue weighted by Crippen LogP contribution is 2.29. The number of benzene rings is 2. The molecule has 0 radical (unpaired) electrons. The summed E-state index contributed by atoms with van der Waals surface area (Å²) in [6.45, 7) is 2.44. The molecule has 2 aromatic carbocycles. The molecule has 6 heteroatoms. The largest absolute Gasteiger partial charge is 0.493 e. The van der Waals surface area contributed by atoms with Crippen molar-refractivity contribution >= 4 is 17.6 Å². The first kappa shape index (κ1) is 18.1. The molecule has 0 saturated heterocycles. The molecule has 0 aliphatic carbocycles. The normalized spacial score (nSPS) is 11.8. The Hall–Kier alpha value is -2.24. The van der Waals surface area contributed by atoms with Gasteiger partial charge in [0.05, 0.1) is 7.11 Å². The van der Waals surface area contributed by atoms with Crippen LogP contribution in [0.5, 0.6) is 11.5 Å². The lowest BCUT2D eigenvalue weighted by Gasteiger charge is -2.14. The van der Waals surface area contributed by atoms with Gasteiger partial charge in [0.1, 0.15) is 12.6 Å². The molecule has 0 heterocycles. The fourth-order valence-electron chi connectivity index (χ4n) is 2.04. The zero-order valence-electron chi connectivity index (χ0n) is 13.6. The van der Waals surface area contributed by atoms with Gasteiger partial charge in [-0.3, -0.25) is 4.79 Å². The van der Waals surface area contributed by atoms with E-state index in [9.17, 15) is 4.79 Å². The van der Waals surface area contributed by atoms with E-state index in [1.54, 1.807) is 14.0 Å². The van der Waals surface area contributed by atoms with Gasteiger partial charge < -0.3 is 19.9 Å². The second kappa shape index (κ2) is 8.57. The summed E-state index contributed by atoms with van der Waals surface area (Å²) in [5, 5.41) is 12.5. The van der Waals surface area contributed by atoms with Crippen molar-refractivity contribution in [3.05, 3.63) is 58.6 Å². The van der Waals surface area contributed by atoms with Crippen LogP contribution in [0.3, 0.4) is 0 Å². The first-order chi connectivity index (χ1) is 11.5. The number of methoxy groups -OCH3 is 1. The molecule has 128 valence electrons. The zero-order chi connectivity index (χ0) is 17.5. The Kier molecular flexibility index (Phi) is 6.46. The summed E-state index contributed by atoms with van der Waals surface area (Å²) in [4.78, 5) is 10.8. The number of nitrogens with one attached hydrogen (secondary N) is 1. The van der Waals surface area contributed by atoms with Gasteiger partial charge in [0.25, 0.3) is 0 Å². The number of halogens is 1. The summed E-state index contributed by atoms with van der Waals surface area (Å²) in [7, 11) is 1.57. The molecular weight excluding hydrogens is 330 g/mol. The highest BCUT2D eigenvalue weighted by molar-refractivity contribution is 6.30. The zero-order valence-corrected chi connectivity index (χ0v) is 14.3. The molecule has 2 rings (SSSR count). The van der Waals surface area contributed by atoms with Crippen molar-refractivity contribution in [1.29, 1.82) is 0 Å². The van der Waals surface area contributed by atoms with E-state index in [-0.39, 0.29) is 0 Å². The lowest BCUT2D eigenvalue weighted by Crippen LogP contribution is -2.33. The Morgan fingerprint density at radius 3 is 2.46 bits per heavy atom. The van der Waals surface area contributed by atoms with Crippen LogP contribution >= 0.6 is 11.6 Å². The topological polar surface area (TPSA) is 67.8 Å². The van der Waals surface area contributed by atoms with Gasteiger partial charge in [0.2, 0.25) is 0 Å². The number of carbonyl (C=O) groups is 1. The van der Waals surface area contributed by atoms with Crippen LogP contribution in [0.4, 0.5) is 0 Å². The Balaban J connectivity index is 2.00. The summed E-state index contributed by atoms with van der Waals surface area (Å²) < 4.78 is 11.1. The molecule has 24 heavy (non-hydrogen) atoms. The number of ether oxygens (including phenoxy) is 2. The maximum atomic E-state index is 10.8. The van der Waals surface area contributed by atoms with Crippen molar-refractivity contribution < 1.29 is 19.4 Å². The lowest BCUT2D eigenvalue weighted by atomic mass is 10.2. The van der Waals surface area contributed by atoms with Gasteiger partial charge >= 0.3 is 5.97 Å². The molecule has 2 N–H and O–H groups in total. The van der Waals surface area contributed by atoms with E-state index in [4.69, 9.17) is 26.2 Å². The average Bonchev–Trinajstić information content (AvgIpc) is 2.59. The second-order valence-electron chi connectivity index (χ2n) is 5.34. The quantitative estimate of drug-likeness (QED) is 0.763. The first-order valence-corrected chi connectivity index (χ1v) is 7.87. The number of hydrogen-bond acceptors (Lipinski definition) is 4. The van der Waals surface area contributed by atoms with Gasteiger partial charge in [-0.2, -0.15) is 0 Å². The highest BCUT2D eigenvalue weighted by Gasteiger charge is 2.11. The van der Waals surface area contributed by atoms with Gasteiger partial charge in [-0.1, -0.05) is 29.8 Å². The number of hydrogen-bond donors (Lipinski definition) is 2. The summed E-state index contributed by atoms with van der Waals surface area (Å²) in [5.74, 6) is 0.346. The molecule has 0 aromatic heterocycles. The monoisotopic (exact) mass is 349 g/mol. The molecule has 0 saturated carbocycles. The van der Waals surface area contributed by atoms with Crippen molar-refractivity contribution in [2.75, 3.05) is 7.11 Å². The van der Waals surface area contributed by atoms with E-state index in [1.807, 2.05) is 42.5 Å². The van der Waals surface area contributed by atoms with E-state index in [0.717, 1.165) is 11.1 Å². The molecular formula is C18H20ClNO4. The molecule has 0 aliphatic rings. The third kappa shape index (κ3) is 5.15. The maximum absolute atomic E-state index is 10.8. The van der Waals surface area contributed by atoms with E-state index >= 15 is 0 Å². The van der Waals surface area contributed by atoms with E-state index in [0.29, 0.717) is 29.7 Å². The Bertz CT molecular complexity index is 688. The van der Waals surface area contributed by atoms with Crippen LogP contribution in [0.2, 0.25) is 5.02 Å². The van der Waals surface area contributed by atoms with Crippen molar-refractivity contribution in [3.8, 4) is 11.5 Å². The maximum Gasteiger partial charge on any atom is 0.320 e. The SMILES string of the molecule is COc1cc(CNC(C)C(=O)O)ccc1OCc1ccc(Cl)cc1. The minimum Gasteiger partial charge on any atom is -0.493 e. The number of aliphatic carboxylic acids is 1. The van der Waals surface area contributed by atoms with E-state index in [2.05, 4.69) is 5.32 Å². The van der Waals surface area contributed by atoms with Crippen molar-refractivity contribution in [2.45, 2.75) is 26.1 Å². The van der Waals surface area contributed by atoms with Crippen molar-refractivity contribution in [1.82, 2.24) is 5.32 Å². The average molecular weight is 350 g/mol. The van der Waals surface area contributed by atoms with E-state index in [1.165, 1.54) is 0 Å². The molecule has 0 aliphatic heterocycles. The Labute approximate surface area is 146 Å². The van der Waals surface area contributed by atoms with Crippen LogP contribution in [0, 0.1) is 0 Å². The summed E-state index contributed by atoms with van der Waals surface area (Å²) in [5.41, 5.74) is 1.92. The third-order valence-electron chi connectivity index (χ3n) is 3.52. The highest BCUT2D eigenvalue weighted by atomic mass is 35.5. The van der Waals surface area contributed by atoms with Crippen LogP contribution in [0.1, 0.15) is 18.1 Å². The first-order valence-electron chi connectivity index (χ1n) is 7.50. The van der Waals surface area contributed by atoms with Crippen molar-refractivity contribution in [2.24, 2.45) is 0 Å². The second-order valence-corrected chi connectivity index (χ2v) is 5.78. The summed E-state index contributed by atoms with van der Waals surface area (Å²) in [6.07, 6.45) is 0. The molecule has 0 amide bonds. The number of carboxylic acids is 1. The van der Waals surface area contributed by atoms with E-state index < -0.39 is 12.0 Å². The van der Waals surface area contributed by atoms with Gasteiger partial charge in [0, 0.05) is 11.6 Å². The molecule has 0 fully saturated rings. The predicted molar refractivity (Wildman–Crippen MR) is 92.7 cm³/mol. The standard InChI is InChI=1S/C18H20ClNO4/c1-12(18(21)22)20-10-14-5-8-16(17(9-14)23-2)24-11-13-3-6-15(19)7-4-13/h3-9,12,20H,10-11H2,1-2H3,(H,21,22). The van der Waals surface area contributed by atoms with Gasteiger partial charge in [-0.25, -0.2) is 0 Å². The lowest BCUT2D eigenvalue weighted by molar-refractivity contribution is -0.139. The Morgan fingerprint density at radius 1 is 1.17 bits per heavy atom. The van der Waals surface area contributed by atoms with Crippen LogP contribution in [-0.4, -0.2) is 24.2 Å².